The maximum absolute atomic E-state index is 11.2. The van der Waals surface area contributed by atoms with Crippen LogP contribution in [0, 0.1) is 22.7 Å². The van der Waals surface area contributed by atoms with Crippen molar-refractivity contribution in [2.45, 2.75) is 58.7 Å². The van der Waals surface area contributed by atoms with Crippen molar-refractivity contribution in [1.82, 2.24) is 0 Å². The summed E-state index contributed by atoms with van der Waals surface area (Å²) in [5, 5.41) is 11.2. The average Bonchev–Trinajstić information content (AvgIpc) is 2.99. The van der Waals surface area contributed by atoms with Gasteiger partial charge in [0.25, 0.3) is 0 Å². The molecule has 2 saturated carbocycles. The van der Waals surface area contributed by atoms with Crippen LogP contribution >= 0.6 is 0 Å². The molecule has 92 valence electrons. The number of hydrogen-bond donors (Lipinski definition) is 1. The number of aliphatic hydroxyl groups is 1. The number of fused-ring (bicyclic) bond motifs is 2. The molecule has 0 unspecified atom stereocenters. The van der Waals surface area contributed by atoms with Crippen molar-refractivity contribution < 1.29 is 9.84 Å². The summed E-state index contributed by atoms with van der Waals surface area (Å²) in [4.78, 5) is 0. The molecule has 2 bridgehead atoms. The molecule has 2 aliphatic carbocycles. The third kappa shape index (κ3) is 1.01. The molecule has 0 aromatic heterocycles. The highest BCUT2D eigenvalue weighted by atomic mass is 16.6. The SMILES string of the molecule is C[C@H]([C@H]1CO1)[C@@]1(O)C[C@H]2CC[C@]1(C)C2(C)C. The van der Waals surface area contributed by atoms with E-state index in [1.165, 1.54) is 12.8 Å². The summed E-state index contributed by atoms with van der Waals surface area (Å²) in [5.74, 6) is 0.991. The fourth-order valence-electron chi connectivity index (χ4n) is 4.67. The van der Waals surface area contributed by atoms with Crippen LogP contribution in [0.15, 0.2) is 0 Å². The summed E-state index contributed by atoms with van der Waals surface area (Å²) < 4.78 is 5.41. The number of hydrogen-bond acceptors (Lipinski definition) is 2. The molecular formula is C14H24O2. The zero-order valence-corrected chi connectivity index (χ0v) is 10.9. The minimum atomic E-state index is -0.499. The lowest BCUT2D eigenvalue weighted by molar-refractivity contribution is -0.130. The molecule has 5 atom stereocenters. The van der Waals surface area contributed by atoms with Crippen molar-refractivity contribution in [2.24, 2.45) is 22.7 Å². The molecule has 3 rings (SSSR count). The Morgan fingerprint density at radius 2 is 1.94 bits per heavy atom. The number of rotatable bonds is 2. The zero-order chi connectivity index (χ0) is 11.8. The van der Waals surface area contributed by atoms with Crippen LogP contribution in [0.5, 0.6) is 0 Å². The van der Waals surface area contributed by atoms with Gasteiger partial charge in [0.1, 0.15) is 0 Å². The summed E-state index contributed by atoms with van der Waals surface area (Å²) in [7, 11) is 0. The van der Waals surface area contributed by atoms with E-state index < -0.39 is 5.60 Å². The van der Waals surface area contributed by atoms with Crippen molar-refractivity contribution in [3.05, 3.63) is 0 Å². The highest BCUT2D eigenvalue weighted by molar-refractivity contribution is 5.20. The molecule has 1 aliphatic heterocycles. The Kier molecular flexibility index (Phi) is 1.96. The smallest absolute Gasteiger partial charge is 0.0863 e. The van der Waals surface area contributed by atoms with Crippen LogP contribution in [0.4, 0.5) is 0 Å². The monoisotopic (exact) mass is 224 g/mol. The second-order valence-corrected chi connectivity index (χ2v) is 7.08. The first-order valence-electron chi connectivity index (χ1n) is 6.67. The third-order valence-corrected chi connectivity index (χ3v) is 6.62. The largest absolute Gasteiger partial charge is 0.389 e. The molecular weight excluding hydrogens is 200 g/mol. The first-order chi connectivity index (χ1) is 7.33. The van der Waals surface area contributed by atoms with E-state index >= 15 is 0 Å². The van der Waals surface area contributed by atoms with E-state index in [0.717, 1.165) is 13.0 Å². The molecule has 1 heterocycles. The normalized spacial score (nSPS) is 55.3. The van der Waals surface area contributed by atoms with Gasteiger partial charge in [-0.25, -0.2) is 0 Å². The lowest BCUT2D eigenvalue weighted by Crippen LogP contribution is -2.53. The van der Waals surface area contributed by atoms with Gasteiger partial charge in [-0.15, -0.1) is 0 Å². The number of ether oxygens (including phenoxy) is 1. The molecule has 0 aromatic carbocycles. The zero-order valence-electron chi connectivity index (χ0n) is 10.9. The first kappa shape index (κ1) is 11.0. The van der Waals surface area contributed by atoms with E-state index in [0.29, 0.717) is 17.9 Å². The Labute approximate surface area is 98.4 Å². The summed E-state index contributed by atoms with van der Waals surface area (Å²) in [6.45, 7) is 10.0. The van der Waals surface area contributed by atoms with Crippen LogP contribution in [0.2, 0.25) is 0 Å². The lowest BCUT2D eigenvalue weighted by atomic mass is 9.60. The molecule has 16 heavy (non-hydrogen) atoms. The maximum atomic E-state index is 11.2. The second-order valence-electron chi connectivity index (χ2n) is 7.08. The van der Waals surface area contributed by atoms with Crippen molar-refractivity contribution in [3.63, 3.8) is 0 Å². The molecule has 1 saturated heterocycles. The Morgan fingerprint density at radius 3 is 2.31 bits per heavy atom. The van der Waals surface area contributed by atoms with Gasteiger partial charge in [-0.1, -0.05) is 27.7 Å². The van der Waals surface area contributed by atoms with Crippen LogP contribution in [-0.4, -0.2) is 23.4 Å². The van der Waals surface area contributed by atoms with Gasteiger partial charge in [-0.3, -0.25) is 0 Å². The van der Waals surface area contributed by atoms with Gasteiger partial charge in [0.2, 0.25) is 0 Å². The minimum absolute atomic E-state index is 0.0794. The molecule has 0 radical (unpaired) electrons. The molecule has 0 aromatic rings. The van der Waals surface area contributed by atoms with Crippen LogP contribution in [-0.2, 0) is 4.74 Å². The fourth-order valence-corrected chi connectivity index (χ4v) is 4.67. The predicted molar refractivity (Wildman–Crippen MR) is 63.1 cm³/mol. The quantitative estimate of drug-likeness (QED) is 0.731. The average molecular weight is 224 g/mol. The molecule has 1 N–H and O–H groups in total. The van der Waals surface area contributed by atoms with Gasteiger partial charge in [-0.05, 0) is 30.6 Å². The molecule has 0 amide bonds. The maximum Gasteiger partial charge on any atom is 0.0863 e. The number of epoxide rings is 1. The van der Waals surface area contributed by atoms with Crippen molar-refractivity contribution in [3.8, 4) is 0 Å². The fraction of sp³-hybridized carbons (Fsp3) is 1.00. The Bertz CT molecular complexity index is 321. The van der Waals surface area contributed by atoms with E-state index in [-0.39, 0.29) is 10.8 Å². The van der Waals surface area contributed by atoms with E-state index in [1.807, 2.05) is 0 Å². The van der Waals surface area contributed by atoms with Gasteiger partial charge in [-0.2, -0.15) is 0 Å². The summed E-state index contributed by atoms with van der Waals surface area (Å²) in [6.07, 6.45) is 3.77. The molecule has 2 nitrogen and oxygen atoms in total. The van der Waals surface area contributed by atoms with Gasteiger partial charge in [0, 0.05) is 11.3 Å². The second kappa shape index (κ2) is 2.84. The van der Waals surface area contributed by atoms with E-state index in [2.05, 4.69) is 27.7 Å². The summed E-state index contributed by atoms with van der Waals surface area (Å²) >= 11 is 0. The van der Waals surface area contributed by atoms with Crippen LogP contribution in [0.3, 0.4) is 0 Å². The van der Waals surface area contributed by atoms with Crippen molar-refractivity contribution in [2.75, 3.05) is 6.61 Å². The van der Waals surface area contributed by atoms with Gasteiger partial charge in [0.05, 0.1) is 18.3 Å². The highest BCUT2D eigenvalue weighted by Gasteiger charge is 2.70. The predicted octanol–water partition coefficient (Wildman–Crippen LogP) is 2.60. The van der Waals surface area contributed by atoms with Crippen molar-refractivity contribution in [1.29, 1.82) is 0 Å². The third-order valence-electron chi connectivity index (χ3n) is 6.62. The Balaban J connectivity index is 1.98. The van der Waals surface area contributed by atoms with E-state index in [4.69, 9.17) is 4.74 Å². The molecule has 3 fully saturated rings. The van der Waals surface area contributed by atoms with E-state index in [1.54, 1.807) is 0 Å². The van der Waals surface area contributed by atoms with Crippen LogP contribution in [0.1, 0.15) is 47.0 Å². The molecule has 0 spiro atoms. The van der Waals surface area contributed by atoms with Gasteiger partial charge in [0.15, 0.2) is 0 Å². The lowest BCUT2D eigenvalue weighted by Gasteiger charge is -2.48. The summed E-state index contributed by atoms with van der Waals surface area (Å²) in [5.41, 5.74) is -0.137. The standard InChI is InChI=1S/C14H24O2/c1-9(11-8-16-11)14(15)7-10-5-6-13(14,4)12(10,2)3/h9-11,15H,5-8H2,1-4H3/t9-,10-,11-,13-,14+/m1/s1. The van der Waals surface area contributed by atoms with Crippen molar-refractivity contribution >= 4 is 0 Å². The highest BCUT2D eigenvalue weighted by Crippen LogP contribution is 2.71. The van der Waals surface area contributed by atoms with Gasteiger partial charge >= 0.3 is 0 Å². The van der Waals surface area contributed by atoms with E-state index in [9.17, 15) is 5.11 Å². The Hall–Kier alpha value is -0.0800. The van der Waals surface area contributed by atoms with Crippen LogP contribution < -0.4 is 0 Å². The Morgan fingerprint density at radius 1 is 1.31 bits per heavy atom. The topological polar surface area (TPSA) is 32.8 Å². The minimum Gasteiger partial charge on any atom is -0.389 e. The summed E-state index contributed by atoms with van der Waals surface area (Å²) in [6, 6.07) is 0. The van der Waals surface area contributed by atoms with Gasteiger partial charge < -0.3 is 9.84 Å². The molecule has 2 heteroatoms. The van der Waals surface area contributed by atoms with Crippen LogP contribution in [0.25, 0.3) is 0 Å². The molecule has 3 aliphatic rings. The first-order valence-corrected chi connectivity index (χ1v) is 6.67.